The van der Waals surface area contributed by atoms with E-state index in [1.807, 2.05) is 19.9 Å². The second kappa shape index (κ2) is 4.30. The van der Waals surface area contributed by atoms with Crippen molar-refractivity contribution in [3.8, 4) is 0 Å². The minimum absolute atomic E-state index is 0.0593. The summed E-state index contributed by atoms with van der Waals surface area (Å²) in [5.41, 5.74) is 1.66. The SMILES string of the molecule is CC(C)C(=O)N1CCc2cc3ccc(F)cc3nc21. The van der Waals surface area contributed by atoms with Crippen molar-refractivity contribution >= 4 is 22.6 Å². The maximum atomic E-state index is 13.3. The number of nitrogens with zero attached hydrogens (tertiary/aromatic N) is 2. The van der Waals surface area contributed by atoms with Crippen LogP contribution in [0.2, 0.25) is 0 Å². The number of amides is 1. The van der Waals surface area contributed by atoms with Gasteiger partial charge >= 0.3 is 0 Å². The molecule has 1 amide bonds. The second-order valence-electron chi connectivity index (χ2n) is 5.20. The summed E-state index contributed by atoms with van der Waals surface area (Å²) in [6.45, 7) is 4.42. The van der Waals surface area contributed by atoms with Gasteiger partial charge in [-0.2, -0.15) is 0 Å². The van der Waals surface area contributed by atoms with Gasteiger partial charge in [0.2, 0.25) is 5.91 Å². The number of pyridine rings is 1. The number of aromatic nitrogens is 1. The number of benzene rings is 1. The summed E-state index contributed by atoms with van der Waals surface area (Å²) < 4.78 is 13.3. The molecule has 0 unspecified atom stereocenters. The first-order valence-corrected chi connectivity index (χ1v) is 6.47. The Balaban J connectivity index is 2.12. The van der Waals surface area contributed by atoms with Crippen molar-refractivity contribution in [1.82, 2.24) is 4.98 Å². The van der Waals surface area contributed by atoms with Crippen molar-refractivity contribution in [3.63, 3.8) is 0 Å². The number of rotatable bonds is 1. The third-order valence-corrected chi connectivity index (χ3v) is 3.46. The van der Waals surface area contributed by atoms with Gasteiger partial charge < -0.3 is 0 Å². The normalized spacial score (nSPS) is 14.2. The van der Waals surface area contributed by atoms with Crippen LogP contribution in [0.1, 0.15) is 19.4 Å². The number of halogens is 1. The topological polar surface area (TPSA) is 33.2 Å². The van der Waals surface area contributed by atoms with Gasteiger partial charge in [-0.15, -0.1) is 0 Å². The molecule has 1 aliphatic heterocycles. The Morgan fingerprint density at radius 3 is 2.89 bits per heavy atom. The van der Waals surface area contributed by atoms with Gasteiger partial charge in [0.05, 0.1) is 5.52 Å². The Morgan fingerprint density at radius 1 is 1.37 bits per heavy atom. The number of hydrogen-bond acceptors (Lipinski definition) is 2. The molecule has 3 nitrogen and oxygen atoms in total. The fourth-order valence-electron chi connectivity index (χ4n) is 2.46. The van der Waals surface area contributed by atoms with Gasteiger partial charge in [-0.1, -0.05) is 13.8 Å². The maximum Gasteiger partial charge on any atom is 0.230 e. The predicted molar refractivity (Wildman–Crippen MR) is 72.6 cm³/mol. The molecule has 0 atom stereocenters. The summed E-state index contributed by atoms with van der Waals surface area (Å²) in [7, 11) is 0. The Morgan fingerprint density at radius 2 is 2.16 bits per heavy atom. The summed E-state index contributed by atoms with van der Waals surface area (Å²) in [4.78, 5) is 18.3. The maximum absolute atomic E-state index is 13.3. The average Bonchev–Trinajstić information content (AvgIpc) is 2.77. The first-order valence-electron chi connectivity index (χ1n) is 6.47. The van der Waals surface area contributed by atoms with E-state index in [2.05, 4.69) is 4.98 Å². The summed E-state index contributed by atoms with van der Waals surface area (Å²) in [6.07, 6.45) is 0.814. The number of carbonyl (C=O) groups excluding carboxylic acids is 1. The molecule has 3 rings (SSSR count). The van der Waals surface area contributed by atoms with Crippen LogP contribution in [0.5, 0.6) is 0 Å². The highest BCUT2D eigenvalue weighted by Gasteiger charge is 2.27. The van der Waals surface area contributed by atoms with Crippen LogP contribution < -0.4 is 4.90 Å². The summed E-state index contributed by atoms with van der Waals surface area (Å²) in [5.74, 6) is 0.398. The highest BCUT2D eigenvalue weighted by molar-refractivity contribution is 5.97. The van der Waals surface area contributed by atoms with Crippen LogP contribution in [-0.4, -0.2) is 17.4 Å². The van der Waals surface area contributed by atoms with E-state index < -0.39 is 0 Å². The fraction of sp³-hybridized carbons (Fsp3) is 0.333. The summed E-state index contributed by atoms with van der Waals surface area (Å²) in [5, 5.41) is 0.916. The molecule has 0 spiro atoms. The zero-order valence-electron chi connectivity index (χ0n) is 11.0. The Kier molecular flexibility index (Phi) is 2.73. The van der Waals surface area contributed by atoms with E-state index in [-0.39, 0.29) is 17.6 Å². The Bertz CT molecular complexity index is 666. The molecular weight excluding hydrogens is 243 g/mol. The van der Waals surface area contributed by atoms with Crippen molar-refractivity contribution in [1.29, 1.82) is 0 Å². The standard InChI is InChI=1S/C15H15FN2O/c1-9(2)15(19)18-6-5-11-7-10-3-4-12(16)8-13(10)17-14(11)18/h3-4,7-9H,5-6H2,1-2H3. The number of carbonyl (C=O) groups is 1. The van der Waals surface area contributed by atoms with Crippen LogP contribution in [-0.2, 0) is 11.2 Å². The van der Waals surface area contributed by atoms with Gasteiger partial charge in [0, 0.05) is 23.9 Å². The molecule has 1 aromatic heterocycles. The lowest BCUT2D eigenvalue weighted by Gasteiger charge is -2.18. The number of fused-ring (bicyclic) bond motifs is 2. The van der Waals surface area contributed by atoms with E-state index in [0.717, 1.165) is 17.4 Å². The minimum Gasteiger partial charge on any atom is -0.296 e. The molecule has 2 aromatic rings. The largest absolute Gasteiger partial charge is 0.296 e. The van der Waals surface area contributed by atoms with E-state index >= 15 is 0 Å². The Hall–Kier alpha value is -1.97. The monoisotopic (exact) mass is 258 g/mol. The molecule has 0 N–H and O–H groups in total. The number of hydrogen-bond donors (Lipinski definition) is 0. The highest BCUT2D eigenvalue weighted by Crippen LogP contribution is 2.30. The first kappa shape index (κ1) is 12.1. The molecule has 0 radical (unpaired) electrons. The van der Waals surface area contributed by atoms with Crippen molar-refractivity contribution in [3.05, 3.63) is 35.6 Å². The smallest absolute Gasteiger partial charge is 0.230 e. The predicted octanol–water partition coefficient (Wildman–Crippen LogP) is 2.92. The lowest BCUT2D eigenvalue weighted by atomic mass is 10.1. The van der Waals surface area contributed by atoms with Crippen molar-refractivity contribution < 1.29 is 9.18 Å². The third kappa shape index (κ3) is 1.97. The molecule has 0 fully saturated rings. The lowest BCUT2D eigenvalue weighted by molar-refractivity contribution is -0.121. The van der Waals surface area contributed by atoms with E-state index in [1.54, 1.807) is 11.0 Å². The molecule has 0 saturated heterocycles. The molecule has 0 bridgehead atoms. The van der Waals surface area contributed by atoms with Crippen LogP contribution in [0.15, 0.2) is 24.3 Å². The molecule has 0 aliphatic carbocycles. The van der Waals surface area contributed by atoms with E-state index in [1.165, 1.54) is 12.1 Å². The zero-order chi connectivity index (χ0) is 13.6. The van der Waals surface area contributed by atoms with Crippen molar-refractivity contribution in [2.45, 2.75) is 20.3 Å². The van der Waals surface area contributed by atoms with Crippen LogP contribution in [0, 0.1) is 11.7 Å². The van der Waals surface area contributed by atoms with E-state index in [0.29, 0.717) is 17.9 Å². The van der Waals surface area contributed by atoms with Crippen molar-refractivity contribution in [2.75, 3.05) is 11.4 Å². The van der Waals surface area contributed by atoms with Gasteiger partial charge in [0.1, 0.15) is 11.6 Å². The molecule has 19 heavy (non-hydrogen) atoms. The van der Waals surface area contributed by atoms with Crippen LogP contribution in [0.25, 0.3) is 10.9 Å². The summed E-state index contributed by atoms with van der Waals surface area (Å²) in [6, 6.07) is 6.57. The van der Waals surface area contributed by atoms with E-state index in [9.17, 15) is 9.18 Å². The molecule has 2 heterocycles. The molecule has 1 aromatic carbocycles. The average molecular weight is 258 g/mol. The Labute approximate surface area is 111 Å². The van der Waals surface area contributed by atoms with Crippen molar-refractivity contribution in [2.24, 2.45) is 5.92 Å². The van der Waals surface area contributed by atoms with E-state index in [4.69, 9.17) is 0 Å². The summed E-state index contributed by atoms with van der Waals surface area (Å²) >= 11 is 0. The van der Waals surface area contributed by atoms with Crippen LogP contribution >= 0.6 is 0 Å². The van der Waals surface area contributed by atoms with Gasteiger partial charge in [-0.25, -0.2) is 9.37 Å². The molecule has 1 aliphatic rings. The lowest BCUT2D eigenvalue weighted by Crippen LogP contribution is -2.33. The molecule has 98 valence electrons. The zero-order valence-corrected chi connectivity index (χ0v) is 11.0. The molecule has 4 heteroatoms. The minimum atomic E-state index is -0.306. The van der Waals surface area contributed by atoms with Gasteiger partial charge in [-0.05, 0) is 30.2 Å². The van der Waals surface area contributed by atoms with Crippen LogP contribution in [0.4, 0.5) is 10.2 Å². The number of anilines is 1. The van der Waals surface area contributed by atoms with Gasteiger partial charge in [0.25, 0.3) is 0 Å². The fourth-order valence-corrected chi connectivity index (χ4v) is 2.46. The van der Waals surface area contributed by atoms with Gasteiger partial charge in [-0.3, -0.25) is 9.69 Å². The molecular formula is C15H15FN2O. The van der Waals surface area contributed by atoms with Gasteiger partial charge in [0.15, 0.2) is 0 Å². The van der Waals surface area contributed by atoms with Crippen LogP contribution in [0.3, 0.4) is 0 Å². The quantitative estimate of drug-likeness (QED) is 0.788. The molecule has 0 saturated carbocycles. The highest BCUT2D eigenvalue weighted by atomic mass is 19.1. The first-order chi connectivity index (χ1) is 9.06. The second-order valence-corrected chi connectivity index (χ2v) is 5.20. The third-order valence-electron chi connectivity index (χ3n) is 3.46.